The van der Waals surface area contributed by atoms with E-state index < -0.39 is 0 Å². The standard InChI is InChI=1S/C10H16N2O3/c1-2-3-7-15-8-6-12-9(13)4-5-11-10(12)14/h4-5H,2-3,6-8H2,1H3,(H,11,14). The van der Waals surface area contributed by atoms with Crippen molar-refractivity contribution < 1.29 is 4.74 Å². The van der Waals surface area contributed by atoms with Crippen molar-refractivity contribution in [3.63, 3.8) is 0 Å². The summed E-state index contributed by atoms with van der Waals surface area (Å²) in [6.07, 6.45) is 3.42. The van der Waals surface area contributed by atoms with Gasteiger partial charge in [0.05, 0.1) is 13.2 Å². The average molecular weight is 212 g/mol. The number of aromatic amines is 1. The zero-order chi connectivity index (χ0) is 11.1. The predicted molar refractivity (Wildman–Crippen MR) is 57.0 cm³/mol. The number of hydrogen-bond acceptors (Lipinski definition) is 3. The molecule has 5 nitrogen and oxygen atoms in total. The van der Waals surface area contributed by atoms with E-state index in [0.717, 1.165) is 17.4 Å². The van der Waals surface area contributed by atoms with Crippen LogP contribution in [0, 0.1) is 0 Å². The lowest BCUT2D eigenvalue weighted by molar-refractivity contribution is 0.122. The highest BCUT2D eigenvalue weighted by molar-refractivity contribution is 4.82. The Hall–Kier alpha value is -1.36. The monoisotopic (exact) mass is 212 g/mol. The van der Waals surface area contributed by atoms with Gasteiger partial charge in [-0.15, -0.1) is 0 Å². The van der Waals surface area contributed by atoms with Gasteiger partial charge in [-0.2, -0.15) is 0 Å². The first kappa shape index (κ1) is 11.7. The highest BCUT2D eigenvalue weighted by Crippen LogP contribution is 1.87. The topological polar surface area (TPSA) is 64.1 Å². The molecule has 5 heteroatoms. The maximum Gasteiger partial charge on any atom is 0.328 e. The van der Waals surface area contributed by atoms with E-state index in [0.29, 0.717) is 19.8 Å². The van der Waals surface area contributed by atoms with E-state index in [1.165, 1.54) is 12.3 Å². The van der Waals surface area contributed by atoms with Crippen molar-refractivity contribution in [3.05, 3.63) is 33.1 Å². The van der Waals surface area contributed by atoms with E-state index in [9.17, 15) is 9.59 Å². The molecule has 84 valence electrons. The third kappa shape index (κ3) is 3.71. The number of nitrogens with zero attached hydrogens (tertiary/aromatic N) is 1. The number of unbranched alkanes of at least 4 members (excludes halogenated alkanes) is 1. The van der Waals surface area contributed by atoms with Crippen LogP contribution in [0.4, 0.5) is 0 Å². The van der Waals surface area contributed by atoms with Crippen molar-refractivity contribution in [2.75, 3.05) is 13.2 Å². The van der Waals surface area contributed by atoms with Crippen LogP contribution in [0.5, 0.6) is 0 Å². The van der Waals surface area contributed by atoms with Gasteiger partial charge in [-0.3, -0.25) is 9.36 Å². The van der Waals surface area contributed by atoms with Crippen LogP contribution < -0.4 is 11.2 Å². The molecule has 1 N–H and O–H groups in total. The van der Waals surface area contributed by atoms with Crippen LogP contribution in [0.3, 0.4) is 0 Å². The Kier molecular flexibility index (Phi) is 4.83. The Bertz CT molecular complexity index is 366. The summed E-state index contributed by atoms with van der Waals surface area (Å²) in [6.45, 7) is 3.46. The zero-order valence-electron chi connectivity index (χ0n) is 8.86. The maximum atomic E-state index is 11.2. The molecule has 0 unspecified atom stereocenters. The lowest BCUT2D eigenvalue weighted by Gasteiger charge is -2.04. The minimum absolute atomic E-state index is 0.294. The molecule has 15 heavy (non-hydrogen) atoms. The van der Waals surface area contributed by atoms with Crippen LogP contribution in [-0.4, -0.2) is 22.8 Å². The minimum Gasteiger partial charge on any atom is -0.380 e. The van der Waals surface area contributed by atoms with Gasteiger partial charge in [0.2, 0.25) is 0 Å². The molecule has 0 fully saturated rings. The molecule has 1 rings (SSSR count). The number of nitrogens with one attached hydrogen (secondary N) is 1. The summed E-state index contributed by atoms with van der Waals surface area (Å²) in [5, 5.41) is 0. The van der Waals surface area contributed by atoms with Gasteiger partial charge < -0.3 is 9.72 Å². The minimum atomic E-state index is -0.387. The second-order valence-corrected chi connectivity index (χ2v) is 3.24. The summed E-state index contributed by atoms with van der Waals surface area (Å²) in [4.78, 5) is 24.9. The molecule has 1 heterocycles. The van der Waals surface area contributed by atoms with Crippen molar-refractivity contribution in [2.45, 2.75) is 26.3 Å². The summed E-state index contributed by atoms with van der Waals surface area (Å²) in [7, 11) is 0. The quantitative estimate of drug-likeness (QED) is 0.692. The molecule has 0 aliphatic heterocycles. The summed E-state index contributed by atoms with van der Waals surface area (Å²) in [5.74, 6) is 0. The molecule has 0 saturated heterocycles. The maximum absolute atomic E-state index is 11.2. The van der Waals surface area contributed by atoms with Crippen molar-refractivity contribution in [1.82, 2.24) is 9.55 Å². The van der Waals surface area contributed by atoms with Crippen LogP contribution in [0.1, 0.15) is 19.8 Å². The Balaban J connectivity index is 2.44. The Morgan fingerprint density at radius 3 is 2.87 bits per heavy atom. The van der Waals surface area contributed by atoms with E-state index in [4.69, 9.17) is 4.74 Å². The number of hydrogen-bond donors (Lipinski definition) is 1. The predicted octanol–water partition coefficient (Wildman–Crippen LogP) is 0.353. The molecule has 1 aromatic heterocycles. The second kappa shape index (κ2) is 6.19. The van der Waals surface area contributed by atoms with E-state index in [-0.39, 0.29) is 11.2 Å². The van der Waals surface area contributed by atoms with Crippen LogP contribution in [0.25, 0.3) is 0 Å². The number of rotatable bonds is 6. The fourth-order valence-corrected chi connectivity index (χ4v) is 1.17. The molecule has 0 saturated carbocycles. The number of H-pyrrole nitrogens is 1. The fourth-order valence-electron chi connectivity index (χ4n) is 1.17. The Morgan fingerprint density at radius 2 is 2.20 bits per heavy atom. The summed E-state index contributed by atoms with van der Waals surface area (Å²) in [5.41, 5.74) is -0.681. The van der Waals surface area contributed by atoms with Gasteiger partial charge in [0.15, 0.2) is 0 Å². The van der Waals surface area contributed by atoms with Gasteiger partial charge in [0.25, 0.3) is 5.56 Å². The summed E-state index contributed by atoms with van der Waals surface area (Å²) >= 11 is 0. The van der Waals surface area contributed by atoms with Gasteiger partial charge in [-0.05, 0) is 6.42 Å². The molecule has 0 radical (unpaired) electrons. The molecule has 0 amide bonds. The lowest BCUT2D eigenvalue weighted by Crippen LogP contribution is -2.35. The summed E-state index contributed by atoms with van der Waals surface area (Å²) < 4.78 is 6.41. The third-order valence-corrected chi connectivity index (χ3v) is 2.05. The van der Waals surface area contributed by atoms with Gasteiger partial charge in [0, 0.05) is 18.9 Å². The molecule has 0 bridgehead atoms. The van der Waals surface area contributed by atoms with Crippen molar-refractivity contribution in [3.8, 4) is 0 Å². The van der Waals surface area contributed by atoms with E-state index in [1.54, 1.807) is 0 Å². The number of ether oxygens (including phenoxy) is 1. The van der Waals surface area contributed by atoms with Crippen LogP contribution in [0.2, 0.25) is 0 Å². The largest absolute Gasteiger partial charge is 0.380 e. The van der Waals surface area contributed by atoms with E-state index >= 15 is 0 Å². The first-order chi connectivity index (χ1) is 7.25. The Morgan fingerprint density at radius 1 is 1.40 bits per heavy atom. The lowest BCUT2D eigenvalue weighted by atomic mass is 10.4. The normalized spacial score (nSPS) is 10.5. The second-order valence-electron chi connectivity index (χ2n) is 3.24. The zero-order valence-corrected chi connectivity index (χ0v) is 8.86. The first-order valence-corrected chi connectivity index (χ1v) is 5.12. The SMILES string of the molecule is CCCCOCCn1c(=O)cc[nH]c1=O. The van der Waals surface area contributed by atoms with Crippen LogP contribution in [0.15, 0.2) is 21.9 Å². The van der Waals surface area contributed by atoms with Crippen molar-refractivity contribution >= 4 is 0 Å². The first-order valence-electron chi connectivity index (χ1n) is 5.12. The summed E-state index contributed by atoms with van der Waals surface area (Å²) in [6, 6.07) is 1.33. The van der Waals surface area contributed by atoms with E-state index in [1.807, 2.05) is 0 Å². The fraction of sp³-hybridized carbons (Fsp3) is 0.600. The van der Waals surface area contributed by atoms with E-state index in [2.05, 4.69) is 11.9 Å². The molecule has 0 spiro atoms. The Labute approximate surface area is 87.7 Å². The number of aromatic nitrogens is 2. The molecule has 0 aliphatic carbocycles. The third-order valence-electron chi connectivity index (χ3n) is 2.05. The van der Waals surface area contributed by atoms with Crippen molar-refractivity contribution in [2.24, 2.45) is 0 Å². The molecule has 0 atom stereocenters. The molecule has 0 aliphatic rings. The van der Waals surface area contributed by atoms with Gasteiger partial charge in [-0.1, -0.05) is 13.3 Å². The molecule has 1 aromatic rings. The molecular weight excluding hydrogens is 196 g/mol. The molecule has 0 aromatic carbocycles. The van der Waals surface area contributed by atoms with Gasteiger partial charge in [0.1, 0.15) is 0 Å². The average Bonchev–Trinajstić information content (AvgIpc) is 2.21. The van der Waals surface area contributed by atoms with Gasteiger partial charge >= 0.3 is 5.69 Å². The highest BCUT2D eigenvalue weighted by atomic mass is 16.5. The van der Waals surface area contributed by atoms with Crippen molar-refractivity contribution in [1.29, 1.82) is 0 Å². The van der Waals surface area contributed by atoms with Gasteiger partial charge in [-0.25, -0.2) is 4.79 Å². The molecular formula is C10H16N2O3. The smallest absolute Gasteiger partial charge is 0.328 e. The highest BCUT2D eigenvalue weighted by Gasteiger charge is 1.98. The van der Waals surface area contributed by atoms with Crippen LogP contribution in [-0.2, 0) is 11.3 Å². The van der Waals surface area contributed by atoms with Crippen LogP contribution >= 0.6 is 0 Å².